The third-order valence-corrected chi connectivity index (χ3v) is 10.7. The molecule has 46 heavy (non-hydrogen) atoms. The highest BCUT2D eigenvalue weighted by molar-refractivity contribution is 7.71. The number of aromatic nitrogens is 6. The normalized spacial score (nSPS) is 23.0. The quantitative estimate of drug-likeness (QED) is 0.0870. The van der Waals surface area contributed by atoms with Crippen LogP contribution in [0, 0.1) is 18.5 Å². The number of phosphoric ester groups is 1. The molecule has 1 aliphatic heterocycles. The summed E-state index contributed by atoms with van der Waals surface area (Å²) in [6, 6.07) is 0. The molecule has 4 heterocycles. The number of carbonyl (C=O) groups is 1. The lowest BCUT2D eigenvalue weighted by Crippen LogP contribution is -2.40. The number of aromatic amines is 1. The zero-order chi connectivity index (χ0) is 34.2. The van der Waals surface area contributed by atoms with Crippen LogP contribution in [0.1, 0.15) is 23.2 Å². The van der Waals surface area contributed by atoms with Gasteiger partial charge in [0.05, 0.1) is 18.6 Å². The number of hydrogen-bond donors (Lipinski definition) is 7. The number of nitrogens with two attached hydrogens (primary N) is 1. The molecule has 256 valence electrons. The number of hydrogen-bond acceptors (Lipinski definition) is 15. The second-order valence-corrected chi connectivity index (χ2v) is 14.6. The van der Waals surface area contributed by atoms with Crippen molar-refractivity contribution in [2.24, 2.45) is 7.05 Å². The fourth-order valence-electron chi connectivity index (χ4n) is 4.62. The number of ether oxygens (including phenoxy) is 3. The first-order valence-electron chi connectivity index (χ1n) is 12.9. The first-order chi connectivity index (χ1) is 21.3. The van der Waals surface area contributed by atoms with Crippen molar-refractivity contribution in [3.8, 4) is 0 Å². The Hall–Kier alpha value is -2.46. The standard InChI is InChI=1S/C20H31N8O14P3S/c1-9-11(10(2)27(3)26-9)5-22-13(29)7-38-15-12(6-39-44(33,34)42-45(35,36)41-43(30,31)32)40-19(16(15)37-4)28-8-23-14-17(28)24-20(21)25-18(14)46/h8,12,15-16,19H,5-7H2,1-4H3,(H,22,29)(H,33,34)(H,35,36)(H2,30,31,32)(H3,21,24,25,46). The Balaban J connectivity index is 1.55. The van der Waals surface area contributed by atoms with Crippen LogP contribution in [0.3, 0.4) is 0 Å². The molecule has 3 aromatic rings. The molecule has 0 radical (unpaired) electrons. The zero-order valence-electron chi connectivity index (χ0n) is 24.4. The van der Waals surface area contributed by atoms with Crippen LogP contribution < -0.4 is 11.1 Å². The summed E-state index contributed by atoms with van der Waals surface area (Å²) in [7, 11) is -13.9. The predicted octanol–water partition coefficient (Wildman–Crippen LogP) is 0.379. The van der Waals surface area contributed by atoms with Gasteiger partial charge in [-0.3, -0.25) is 18.6 Å². The number of fused-ring (bicyclic) bond motifs is 1. The fourth-order valence-corrected chi connectivity index (χ4v) is 7.90. The summed E-state index contributed by atoms with van der Waals surface area (Å²) < 4.78 is 68.1. The number of carbonyl (C=O) groups excluding carboxylic acids is 1. The lowest BCUT2D eigenvalue weighted by molar-refractivity contribution is -0.132. The van der Waals surface area contributed by atoms with Gasteiger partial charge in [-0.05, 0) is 13.8 Å². The monoisotopic (exact) mass is 732 g/mol. The molecule has 1 fully saturated rings. The van der Waals surface area contributed by atoms with E-state index in [1.807, 2.05) is 6.92 Å². The molecule has 26 heteroatoms. The maximum absolute atomic E-state index is 12.8. The third kappa shape index (κ3) is 8.71. The fraction of sp³-hybridized carbons (Fsp3) is 0.550. The number of phosphoric acid groups is 3. The maximum atomic E-state index is 12.8. The number of aryl methyl sites for hydroxylation is 2. The summed E-state index contributed by atoms with van der Waals surface area (Å²) in [4.78, 5) is 60.7. The van der Waals surface area contributed by atoms with Crippen LogP contribution >= 0.6 is 35.7 Å². The van der Waals surface area contributed by atoms with Gasteiger partial charge in [-0.2, -0.15) is 13.7 Å². The Kier molecular flexibility index (Phi) is 11.0. The minimum Gasteiger partial charge on any atom is -0.374 e. The predicted molar refractivity (Wildman–Crippen MR) is 156 cm³/mol. The third-order valence-electron chi connectivity index (χ3n) is 6.64. The minimum atomic E-state index is -5.78. The number of rotatable bonds is 14. The maximum Gasteiger partial charge on any atom is 0.490 e. The molecular weight excluding hydrogens is 701 g/mol. The smallest absolute Gasteiger partial charge is 0.374 e. The van der Waals surface area contributed by atoms with Gasteiger partial charge in [-0.25, -0.2) is 23.7 Å². The molecule has 1 aliphatic rings. The van der Waals surface area contributed by atoms with E-state index >= 15 is 0 Å². The van der Waals surface area contributed by atoms with Crippen LogP contribution in [-0.2, 0) is 59.4 Å². The molecule has 8 N–H and O–H groups in total. The van der Waals surface area contributed by atoms with Gasteiger partial charge in [-0.1, -0.05) is 12.2 Å². The first-order valence-corrected chi connectivity index (χ1v) is 17.8. The van der Waals surface area contributed by atoms with E-state index in [1.54, 1.807) is 18.7 Å². The van der Waals surface area contributed by atoms with Crippen LogP contribution in [0.25, 0.3) is 11.2 Å². The van der Waals surface area contributed by atoms with Crippen LogP contribution in [0.5, 0.6) is 0 Å². The molecule has 6 atom stereocenters. The summed E-state index contributed by atoms with van der Waals surface area (Å²) in [5.41, 5.74) is 8.70. The summed E-state index contributed by atoms with van der Waals surface area (Å²) in [5.74, 6) is -0.595. The van der Waals surface area contributed by atoms with Crippen molar-refractivity contribution in [2.75, 3.05) is 26.1 Å². The van der Waals surface area contributed by atoms with E-state index < -0.39 is 67.1 Å². The summed E-state index contributed by atoms with van der Waals surface area (Å²) in [5, 5.41) is 7.02. The van der Waals surface area contributed by atoms with Gasteiger partial charge in [0.15, 0.2) is 16.8 Å². The number of anilines is 1. The number of amides is 1. The molecule has 22 nitrogen and oxygen atoms in total. The lowest BCUT2D eigenvalue weighted by Gasteiger charge is -2.24. The van der Waals surface area contributed by atoms with Gasteiger partial charge < -0.3 is 49.8 Å². The van der Waals surface area contributed by atoms with Crippen molar-refractivity contribution in [1.29, 1.82) is 0 Å². The number of imidazole rings is 1. The van der Waals surface area contributed by atoms with E-state index in [1.165, 1.54) is 18.0 Å². The van der Waals surface area contributed by atoms with Crippen molar-refractivity contribution >= 4 is 58.7 Å². The highest BCUT2D eigenvalue weighted by atomic mass is 32.1. The minimum absolute atomic E-state index is 0.0426. The van der Waals surface area contributed by atoms with E-state index in [0.29, 0.717) is 0 Å². The Morgan fingerprint density at radius 2 is 1.87 bits per heavy atom. The number of nitrogens with zero attached hydrogens (tertiary/aromatic N) is 5. The van der Waals surface area contributed by atoms with Gasteiger partial charge in [0.1, 0.15) is 36.1 Å². The van der Waals surface area contributed by atoms with Crippen molar-refractivity contribution in [2.45, 2.75) is 44.9 Å². The molecule has 0 aromatic carbocycles. The Labute approximate surface area is 264 Å². The number of methoxy groups -OCH3 is 1. The summed E-state index contributed by atoms with van der Waals surface area (Å²) in [6.45, 7) is 2.34. The highest BCUT2D eigenvalue weighted by Crippen LogP contribution is 2.66. The molecule has 0 bridgehead atoms. The molecule has 0 saturated carbocycles. The average molecular weight is 732 g/mol. The molecule has 6 unspecified atom stereocenters. The van der Waals surface area contributed by atoms with Crippen LogP contribution in [0.2, 0.25) is 0 Å². The molecule has 4 rings (SSSR count). The van der Waals surface area contributed by atoms with Crippen molar-refractivity contribution in [1.82, 2.24) is 34.6 Å². The zero-order valence-corrected chi connectivity index (χ0v) is 27.9. The van der Waals surface area contributed by atoms with Gasteiger partial charge in [0.25, 0.3) is 0 Å². The van der Waals surface area contributed by atoms with E-state index in [2.05, 4.69) is 34.0 Å². The van der Waals surface area contributed by atoms with Crippen LogP contribution in [0.15, 0.2) is 6.33 Å². The summed E-state index contributed by atoms with van der Waals surface area (Å²) >= 11 is 5.21. The first kappa shape index (κ1) is 36.4. The molecule has 3 aromatic heterocycles. The topological polar surface area (TPSA) is 307 Å². The molecule has 0 spiro atoms. The number of H-pyrrole nitrogens is 1. The van der Waals surface area contributed by atoms with E-state index in [9.17, 15) is 28.3 Å². The van der Waals surface area contributed by atoms with Gasteiger partial charge in [0, 0.05) is 32.0 Å². The number of nitrogen functional groups attached to an aromatic ring is 1. The molecule has 1 saturated heterocycles. The van der Waals surface area contributed by atoms with Gasteiger partial charge in [-0.15, -0.1) is 0 Å². The van der Waals surface area contributed by atoms with Crippen molar-refractivity contribution in [3.05, 3.63) is 27.9 Å². The van der Waals surface area contributed by atoms with Crippen LogP contribution in [0.4, 0.5) is 5.95 Å². The Bertz CT molecular complexity index is 1810. The Morgan fingerprint density at radius 3 is 2.48 bits per heavy atom. The van der Waals surface area contributed by atoms with E-state index in [0.717, 1.165) is 17.0 Å². The van der Waals surface area contributed by atoms with Crippen molar-refractivity contribution in [3.63, 3.8) is 0 Å². The van der Waals surface area contributed by atoms with Crippen molar-refractivity contribution < 1.29 is 65.4 Å². The van der Waals surface area contributed by atoms with E-state index in [-0.39, 0.29) is 28.3 Å². The largest absolute Gasteiger partial charge is 0.490 e. The van der Waals surface area contributed by atoms with Gasteiger partial charge >= 0.3 is 23.5 Å². The lowest BCUT2D eigenvalue weighted by atomic mass is 10.1. The number of nitrogens with one attached hydrogen (secondary N) is 2. The average Bonchev–Trinajstić information content (AvgIpc) is 3.56. The second kappa shape index (κ2) is 14.0. The molecule has 1 amide bonds. The van der Waals surface area contributed by atoms with Crippen LogP contribution in [-0.4, -0.2) is 93.4 Å². The molecular formula is C20H31N8O14P3S. The second-order valence-electron chi connectivity index (χ2n) is 9.75. The molecule has 0 aliphatic carbocycles. The highest BCUT2D eigenvalue weighted by Gasteiger charge is 2.49. The van der Waals surface area contributed by atoms with Gasteiger partial charge in [0.2, 0.25) is 5.91 Å². The summed E-state index contributed by atoms with van der Waals surface area (Å²) in [6.07, 6.45) is -3.41. The van der Waals surface area contributed by atoms with E-state index in [4.69, 9.17) is 46.5 Å². The Morgan fingerprint density at radius 1 is 1.17 bits per heavy atom. The SMILES string of the molecule is COC1C(OCC(=O)NCc2c(C)nn(C)c2C)C(COP(=O)(O)OP(=O)(O)OP(=O)(O)O)OC1n1cnc2c(=S)nc(N)[nH]c21.